The van der Waals surface area contributed by atoms with Crippen LogP contribution in [-0.2, 0) is 6.67 Å². The molecule has 0 fully saturated rings. The molecule has 0 bridgehead atoms. The monoisotopic (exact) mass is 258 g/mol. The van der Waals surface area contributed by atoms with Gasteiger partial charge >= 0.3 is 0 Å². The van der Waals surface area contributed by atoms with Crippen LogP contribution in [-0.4, -0.2) is 24.6 Å². The zero-order chi connectivity index (χ0) is 13.4. The van der Waals surface area contributed by atoms with Crippen molar-refractivity contribution in [2.75, 3.05) is 5.73 Å². The van der Waals surface area contributed by atoms with Crippen LogP contribution in [0.4, 0.5) is 10.3 Å². The lowest BCUT2D eigenvalue weighted by atomic mass is 10.0. The van der Waals surface area contributed by atoms with E-state index in [4.69, 9.17) is 5.73 Å². The molecule has 6 nitrogen and oxygen atoms in total. The molecule has 96 valence electrons. The molecule has 7 heteroatoms. The zero-order valence-corrected chi connectivity index (χ0v) is 10.2. The van der Waals surface area contributed by atoms with Crippen molar-refractivity contribution in [2.24, 2.45) is 0 Å². The number of anilines is 1. The van der Waals surface area contributed by atoms with Crippen LogP contribution in [0.1, 0.15) is 11.3 Å². The number of nitrogen functional groups attached to an aromatic ring is 1. The van der Waals surface area contributed by atoms with Crippen LogP contribution in [0.2, 0.25) is 0 Å². The van der Waals surface area contributed by atoms with Crippen LogP contribution in [0.15, 0.2) is 24.8 Å². The van der Waals surface area contributed by atoms with Crippen molar-refractivity contribution in [1.29, 1.82) is 0 Å². The van der Waals surface area contributed by atoms with Gasteiger partial charge in [0.15, 0.2) is 5.65 Å². The van der Waals surface area contributed by atoms with E-state index in [0.29, 0.717) is 17.3 Å². The van der Waals surface area contributed by atoms with Crippen molar-refractivity contribution in [2.45, 2.75) is 13.6 Å². The van der Waals surface area contributed by atoms with E-state index < -0.39 is 6.67 Å². The molecule has 0 amide bonds. The summed E-state index contributed by atoms with van der Waals surface area (Å²) in [7, 11) is 0. The summed E-state index contributed by atoms with van der Waals surface area (Å²) in [6, 6.07) is 1.80. The Morgan fingerprint density at radius 2 is 2.16 bits per heavy atom. The molecule has 3 rings (SSSR count). The van der Waals surface area contributed by atoms with Gasteiger partial charge in [-0.1, -0.05) is 0 Å². The van der Waals surface area contributed by atoms with Gasteiger partial charge < -0.3 is 5.73 Å². The Hall–Kier alpha value is -2.57. The average Bonchev–Trinajstić information content (AvgIpc) is 2.90. The lowest BCUT2D eigenvalue weighted by molar-refractivity contribution is 0.474. The van der Waals surface area contributed by atoms with Gasteiger partial charge in [0.25, 0.3) is 0 Å². The predicted molar refractivity (Wildman–Crippen MR) is 68.0 cm³/mol. The molecule has 0 saturated heterocycles. The number of pyridine rings is 1. The fourth-order valence-corrected chi connectivity index (χ4v) is 2.03. The number of nitrogens with zero attached hydrogens (tertiary/aromatic N) is 5. The third-order valence-electron chi connectivity index (χ3n) is 3.09. The van der Waals surface area contributed by atoms with Crippen LogP contribution >= 0.6 is 0 Å². The first kappa shape index (κ1) is 11.5. The molecule has 3 aromatic heterocycles. The van der Waals surface area contributed by atoms with Gasteiger partial charge in [-0.15, -0.1) is 10.2 Å². The lowest BCUT2D eigenvalue weighted by Gasteiger charge is -2.09. The SMILES string of the molecule is Cc1c(-c2cnc(N)n3cnnc23)ccnc1CF. The summed E-state index contributed by atoms with van der Waals surface area (Å²) < 4.78 is 14.5. The summed E-state index contributed by atoms with van der Waals surface area (Å²) >= 11 is 0. The van der Waals surface area contributed by atoms with Gasteiger partial charge in [-0.3, -0.25) is 9.38 Å². The van der Waals surface area contributed by atoms with Gasteiger partial charge in [0.1, 0.15) is 13.0 Å². The van der Waals surface area contributed by atoms with Crippen LogP contribution < -0.4 is 5.73 Å². The van der Waals surface area contributed by atoms with Crippen molar-refractivity contribution < 1.29 is 4.39 Å². The number of aromatic nitrogens is 5. The van der Waals surface area contributed by atoms with Crippen LogP contribution in [0.3, 0.4) is 0 Å². The fraction of sp³-hybridized carbons (Fsp3) is 0.167. The molecule has 3 heterocycles. The molecule has 0 aliphatic carbocycles. The van der Waals surface area contributed by atoms with Crippen molar-refractivity contribution in [3.63, 3.8) is 0 Å². The third-order valence-corrected chi connectivity index (χ3v) is 3.09. The Kier molecular flexibility index (Phi) is 2.59. The summed E-state index contributed by atoms with van der Waals surface area (Å²) in [5, 5.41) is 7.86. The predicted octanol–water partition coefficient (Wildman–Crippen LogP) is 1.55. The number of rotatable bonds is 2. The van der Waals surface area contributed by atoms with E-state index in [1.54, 1.807) is 22.9 Å². The van der Waals surface area contributed by atoms with Gasteiger partial charge in [-0.2, -0.15) is 0 Å². The van der Waals surface area contributed by atoms with Crippen molar-refractivity contribution in [3.8, 4) is 11.1 Å². The Morgan fingerprint density at radius 1 is 1.32 bits per heavy atom. The summed E-state index contributed by atoms with van der Waals surface area (Å²) in [6.07, 6.45) is 4.68. The smallest absolute Gasteiger partial charge is 0.207 e. The number of hydrogen-bond donors (Lipinski definition) is 1. The summed E-state index contributed by atoms with van der Waals surface area (Å²) in [5.74, 6) is 0.307. The number of nitrogens with two attached hydrogens (primary N) is 1. The van der Waals surface area contributed by atoms with Gasteiger partial charge in [0.2, 0.25) is 5.95 Å². The fourth-order valence-electron chi connectivity index (χ4n) is 2.03. The highest BCUT2D eigenvalue weighted by atomic mass is 19.1. The van der Waals surface area contributed by atoms with E-state index in [0.717, 1.165) is 16.7 Å². The molecule has 0 radical (unpaired) electrons. The minimum Gasteiger partial charge on any atom is -0.369 e. The molecular weight excluding hydrogens is 247 g/mol. The van der Waals surface area contributed by atoms with Crippen LogP contribution in [0.25, 0.3) is 16.8 Å². The van der Waals surface area contributed by atoms with Gasteiger partial charge in [0.05, 0.1) is 5.69 Å². The molecule has 0 aromatic carbocycles. The second-order valence-electron chi connectivity index (χ2n) is 4.12. The molecule has 3 aromatic rings. The Morgan fingerprint density at radius 3 is 2.95 bits per heavy atom. The van der Waals surface area contributed by atoms with E-state index in [1.165, 1.54) is 6.33 Å². The Labute approximate surface area is 108 Å². The van der Waals surface area contributed by atoms with Crippen molar-refractivity contribution >= 4 is 11.6 Å². The van der Waals surface area contributed by atoms with E-state index in [2.05, 4.69) is 20.2 Å². The first-order chi connectivity index (χ1) is 9.22. The maximum atomic E-state index is 12.9. The first-order valence-corrected chi connectivity index (χ1v) is 5.67. The molecule has 0 saturated carbocycles. The summed E-state index contributed by atoms with van der Waals surface area (Å²) in [6.45, 7) is 1.21. The minimum atomic E-state index is -0.606. The topological polar surface area (TPSA) is 82.0 Å². The Balaban J connectivity index is 2.31. The highest BCUT2D eigenvalue weighted by molar-refractivity contribution is 5.79. The van der Waals surface area contributed by atoms with Gasteiger partial charge in [0, 0.05) is 18.0 Å². The van der Waals surface area contributed by atoms with Gasteiger partial charge in [-0.25, -0.2) is 9.37 Å². The van der Waals surface area contributed by atoms with E-state index in [-0.39, 0.29) is 0 Å². The molecule has 0 atom stereocenters. The molecule has 0 aliphatic rings. The highest BCUT2D eigenvalue weighted by Gasteiger charge is 2.13. The molecule has 0 spiro atoms. The molecule has 2 N–H and O–H groups in total. The molecular formula is C12H11FN6. The second kappa shape index (κ2) is 4.27. The number of fused-ring (bicyclic) bond motifs is 1. The van der Waals surface area contributed by atoms with E-state index in [1.807, 2.05) is 6.92 Å². The van der Waals surface area contributed by atoms with E-state index >= 15 is 0 Å². The quantitative estimate of drug-likeness (QED) is 0.754. The molecule has 19 heavy (non-hydrogen) atoms. The zero-order valence-electron chi connectivity index (χ0n) is 10.2. The molecule has 0 unspecified atom stereocenters. The number of hydrogen-bond acceptors (Lipinski definition) is 5. The van der Waals surface area contributed by atoms with Crippen molar-refractivity contribution in [1.82, 2.24) is 24.6 Å². The maximum absolute atomic E-state index is 12.9. The average molecular weight is 258 g/mol. The third kappa shape index (κ3) is 1.70. The van der Waals surface area contributed by atoms with Crippen molar-refractivity contribution in [3.05, 3.63) is 36.0 Å². The number of halogens is 1. The second-order valence-corrected chi connectivity index (χ2v) is 4.12. The van der Waals surface area contributed by atoms with Crippen LogP contribution in [0, 0.1) is 6.92 Å². The van der Waals surface area contributed by atoms with E-state index in [9.17, 15) is 4.39 Å². The summed E-state index contributed by atoms with van der Waals surface area (Å²) in [4.78, 5) is 8.10. The summed E-state index contributed by atoms with van der Waals surface area (Å²) in [5.41, 5.74) is 9.08. The maximum Gasteiger partial charge on any atom is 0.207 e. The Bertz CT molecular complexity index is 751. The lowest BCUT2D eigenvalue weighted by Crippen LogP contribution is -2.02. The normalized spacial score (nSPS) is 11.1. The number of alkyl halides is 1. The van der Waals surface area contributed by atoms with Gasteiger partial charge in [-0.05, 0) is 24.1 Å². The minimum absolute atomic E-state index is 0.307. The van der Waals surface area contributed by atoms with Crippen LogP contribution in [0.5, 0.6) is 0 Å². The molecule has 0 aliphatic heterocycles. The largest absolute Gasteiger partial charge is 0.369 e. The highest BCUT2D eigenvalue weighted by Crippen LogP contribution is 2.27. The first-order valence-electron chi connectivity index (χ1n) is 5.67. The standard InChI is InChI=1S/C12H11FN6/c1-7-8(2-3-15-10(7)4-13)9-5-16-12(14)19-6-17-18-11(9)19/h2-3,5-6H,4H2,1H3,(H2,14,16).